The van der Waals surface area contributed by atoms with Crippen molar-refractivity contribution in [3.63, 3.8) is 0 Å². The first-order chi connectivity index (χ1) is 8.02. The number of nitrogens with one attached hydrogen (secondary N) is 1. The third-order valence-corrected chi connectivity index (χ3v) is 5.56. The SMILES string of the molecule is CCC1CS(=O)(=O)CC(c2ccccc2Br)N1. The van der Waals surface area contributed by atoms with Crippen molar-refractivity contribution >= 4 is 25.8 Å². The van der Waals surface area contributed by atoms with E-state index in [1.807, 2.05) is 31.2 Å². The van der Waals surface area contributed by atoms with Gasteiger partial charge in [-0.2, -0.15) is 0 Å². The van der Waals surface area contributed by atoms with Crippen LogP contribution in [-0.2, 0) is 9.84 Å². The highest BCUT2D eigenvalue weighted by atomic mass is 79.9. The van der Waals surface area contributed by atoms with Crippen molar-refractivity contribution in [2.45, 2.75) is 25.4 Å². The molecule has 0 bridgehead atoms. The molecule has 1 fully saturated rings. The van der Waals surface area contributed by atoms with Crippen LogP contribution in [0, 0.1) is 0 Å². The lowest BCUT2D eigenvalue weighted by Gasteiger charge is -2.31. The minimum Gasteiger partial charge on any atom is -0.305 e. The molecule has 0 amide bonds. The van der Waals surface area contributed by atoms with Crippen molar-refractivity contribution < 1.29 is 8.42 Å². The first kappa shape index (κ1) is 13.1. The molecule has 0 radical (unpaired) electrons. The van der Waals surface area contributed by atoms with Crippen LogP contribution in [0.5, 0.6) is 0 Å². The Bertz CT molecular complexity index is 501. The third-order valence-electron chi connectivity index (χ3n) is 3.09. The molecule has 1 aromatic carbocycles. The van der Waals surface area contributed by atoms with Gasteiger partial charge in [0.25, 0.3) is 0 Å². The molecule has 0 aliphatic carbocycles. The molecular weight excluding hydrogens is 302 g/mol. The molecule has 2 unspecified atom stereocenters. The fourth-order valence-electron chi connectivity index (χ4n) is 2.18. The van der Waals surface area contributed by atoms with E-state index in [4.69, 9.17) is 0 Å². The van der Waals surface area contributed by atoms with E-state index in [0.717, 1.165) is 16.5 Å². The van der Waals surface area contributed by atoms with Gasteiger partial charge < -0.3 is 5.32 Å². The number of hydrogen-bond donors (Lipinski definition) is 1. The molecule has 0 spiro atoms. The Morgan fingerprint density at radius 1 is 1.35 bits per heavy atom. The summed E-state index contributed by atoms with van der Waals surface area (Å²) in [6, 6.07) is 7.74. The fourth-order valence-corrected chi connectivity index (χ4v) is 4.61. The van der Waals surface area contributed by atoms with Crippen molar-refractivity contribution in [2.75, 3.05) is 11.5 Å². The predicted molar refractivity (Wildman–Crippen MR) is 72.8 cm³/mol. The first-order valence-corrected chi connectivity index (χ1v) is 8.34. The van der Waals surface area contributed by atoms with Gasteiger partial charge in [0.15, 0.2) is 9.84 Å². The Hall–Kier alpha value is -0.390. The molecule has 2 rings (SSSR count). The Labute approximate surface area is 111 Å². The van der Waals surface area contributed by atoms with E-state index in [9.17, 15) is 8.42 Å². The second-order valence-corrected chi connectivity index (χ2v) is 7.43. The van der Waals surface area contributed by atoms with Gasteiger partial charge in [0, 0.05) is 16.6 Å². The predicted octanol–water partition coefficient (Wildman–Crippen LogP) is 2.29. The van der Waals surface area contributed by atoms with Crippen LogP contribution in [0.25, 0.3) is 0 Å². The Morgan fingerprint density at radius 3 is 2.71 bits per heavy atom. The Balaban J connectivity index is 2.30. The molecule has 1 aliphatic rings. The van der Waals surface area contributed by atoms with E-state index in [0.29, 0.717) is 0 Å². The topological polar surface area (TPSA) is 46.2 Å². The molecule has 0 saturated carbocycles. The summed E-state index contributed by atoms with van der Waals surface area (Å²) in [4.78, 5) is 0. The van der Waals surface area contributed by atoms with Crippen LogP contribution in [0.4, 0.5) is 0 Å². The van der Waals surface area contributed by atoms with Crippen molar-refractivity contribution in [2.24, 2.45) is 0 Å². The molecule has 0 aromatic heterocycles. The van der Waals surface area contributed by atoms with E-state index in [2.05, 4.69) is 21.2 Å². The smallest absolute Gasteiger partial charge is 0.153 e. The summed E-state index contributed by atoms with van der Waals surface area (Å²) < 4.78 is 24.7. The summed E-state index contributed by atoms with van der Waals surface area (Å²) in [5.74, 6) is 0.441. The minimum absolute atomic E-state index is 0.0610. The molecule has 3 nitrogen and oxygen atoms in total. The van der Waals surface area contributed by atoms with Gasteiger partial charge in [0.2, 0.25) is 0 Å². The van der Waals surface area contributed by atoms with Gasteiger partial charge in [0.1, 0.15) is 0 Å². The summed E-state index contributed by atoms with van der Waals surface area (Å²) in [5.41, 5.74) is 1.02. The maximum absolute atomic E-state index is 11.9. The van der Waals surface area contributed by atoms with Crippen molar-refractivity contribution in [3.05, 3.63) is 34.3 Å². The van der Waals surface area contributed by atoms with Gasteiger partial charge in [-0.1, -0.05) is 41.1 Å². The maximum atomic E-state index is 11.9. The average molecular weight is 318 g/mol. The van der Waals surface area contributed by atoms with Crippen LogP contribution in [0.1, 0.15) is 24.9 Å². The van der Waals surface area contributed by atoms with E-state index in [1.54, 1.807) is 0 Å². The number of halogens is 1. The molecule has 1 aliphatic heterocycles. The molecular formula is C12H16BrNO2S. The lowest BCUT2D eigenvalue weighted by atomic mass is 10.1. The summed E-state index contributed by atoms with van der Waals surface area (Å²) in [5, 5.41) is 3.41. The first-order valence-electron chi connectivity index (χ1n) is 5.72. The summed E-state index contributed by atoms with van der Waals surface area (Å²) in [7, 11) is -2.94. The Morgan fingerprint density at radius 2 is 2.06 bits per heavy atom. The van der Waals surface area contributed by atoms with Gasteiger partial charge in [-0.05, 0) is 18.1 Å². The zero-order chi connectivity index (χ0) is 12.5. The van der Waals surface area contributed by atoms with Crippen molar-refractivity contribution in [1.82, 2.24) is 5.32 Å². The van der Waals surface area contributed by atoms with Gasteiger partial charge in [-0.15, -0.1) is 0 Å². The lowest BCUT2D eigenvalue weighted by Crippen LogP contribution is -2.46. The van der Waals surface area contributed by atoms with Crippen LogP contribution in [0.2, 0.25) is 0 Å². The molecule has 94 valence electrons. The lowest BCUT2D eigenvalue weighted by molar-refractivity contribution is 0.439. The molecule has 17 heavy (non-hydrogen) atoms. The molecule has 1 N–H and O–H groups in total. The van der Waals surface area contributed by atoms with Crippen molar-refractivity contribution in [1.29, 1.82) is 0 Å². The fraction of sp³-hybridized carbons (Fsp3) is 0.500. The number of rotatable bonds is 2. The zero-order valence-electron chi connectivity index (χ0n) is 9.69. The highest BCUT2D eigenvalue weighted by molar-refractivity contribution is 9.10. The second-order valence-electron chi connectivity index (χ2n) is 4.42. The van der Waals surface area contributed by atoms with Gasteiger partial charge in [-0.25, -0.2) is 8.42 Å². The largest absolute Gasteiger partial charge is 0.305 e. The number of hydrogen-bond acceptors (Lipinski definition) is 3. The van der Waals surface area contributed by atoms with E-state index in [-0.39, 0.29) is 23.6 Å². The quantitative estimate of drug-likeness (QED) is 0.910. The van der Waals surface area contributed by atoms with Gasteiger partial charge >= 0.3 is 0 Å². The van der Waals surface area contributed by atoms with Crippen LogP contribution in [0.15, 0.2) is 28.7 Å². The monoisotopic (exact) mass is 317 g/mol. The molecule has 2 atom stereocenters. The van der Waals surface area contributed by atoms with Crippen LogP contribution >= 0.6 is 15.9 Å². The number of benzene rings is 1. The van der Waals surface area contributed by atoms with Gasteiger partial charge in [0.05, 0.1) is 11.5 Å². The van der Waals surface area contributed by atoms with E-state index in [1.165, 1.54) is 0 Å². The molecule has 1 saturated heterocycles. The van der Waals surface area contributed by atoms with Crippen LogP contribution in [-0.4, -0.2) is 26.0 Å². The average Bonchev–Trinajstić information content (AvgIpc) is 2.27. The summed E-state index contributed by atoms with van der Waals surface area (Å²) >= 11 is 3.48. The summed E-state index contributed by atoms with van der Waals surface area (Å²) in [6.45, 7) is 2.01. The minimum atomic E-state index is -2.94. The normalized spacial score (nSPS) is 27.9. The molecule has 5 heteroatoms. The highest BCUT2D eigenvalue weighted by Gasteiger charge is 2.31. The summed E-state index contributed by atoms with van der Waals surface area (Å²) in [6.07, 6.45) is 0.834. The third kappa shape index (κ3) is 3.09. The van der Waals surface area contributed by atoms with Crippen LogP contribution in [0.3, 0.4) is 0 Å². The standard InChI is InChI=1S/C12H16BrNO2S/c1-2-9-7-17(15,16)8-12(14-9)10-5-3-4-6-11(10)13/h3-6,9,12,14H,2,7-8H2,1H3. The van der Waals surface area contributed by atoms with E-state index < -0.39 is 9.84 Å². The highest BCUT2D eigenvalue weighted by Crippen LogP contribution is 2.27. The number of sulfone groups is 1. The van der Waals surface area contributed by atoms with E-state index >= 15 is 0 Å². The second kappa shape index (κ2) is 5.08. The molecule has 1 aromatic rings. The Kier molecular flexibility index (Phi) is 3.90. The van der Waals surface area contributed by atoms with Crippen LogP contribution < -0.4 is 5.32 Å². The molecule has 1 heterocycles. The maximum Gasteiger partial charge on any atom is 0.153 e. The zero-order valence-corrected chi connectivity index (χ0v) is 12.1. The van der Waals surface area contributed by atoms with Gasteiger partial charge in [-0.3, -0.25) is 0 Å². The van der Waals surface area contributed by atoms with Crippen molar-refractivity contribution in [3.8, 4) is 0 Å².